The van der Waals surface area contributed by atoms with Crippen LogP contribution in [0.2, 0.25) is 0 Å². The number of carbonyl (C=O) groups excluding carboxylic acids is 1. The molecule has 1 unspecified atom stereocenters. The summed E-state index contributed by atoms with van der Waals surface area (Å²) in [6, 6.07) is 0. The van der Waals surface area contributed by atoms with Crippen LogP contribution < -0.4 is 0 Å². The highest BCUT2D eigenvalue weighted by Crippen LogP contribution is 2.21. The first kappa shape index (κ1) is 11.5. The summed E-state index contributed by atoms with van der Waals surface area (Å²) in [5.41, 5.74) is 0. The average molecular weight is 241 g/mol. The van der Waals surface area contributed by atoms with E-state index in [2.05, 4.69) is 9.72 Å². The Morgan fingerprint density at radius 3 is 3.25 bits per heavy atom. The van der Waals surface area contributed by atoms with Gasteiger partial charge in [0.2, 0.25) is 0 Å². The number of rotatable bonds is 3. The third-order valence-electron chi connectivity index (χ3n) is 2.62. The average Bonchev–Trinajstić information content (AvgIpc) is 2.78. The number of nitrogens with zero attached hydrogens (tertiary/aromatic N) is 1. The Bertz CT molecular complexity index is 358. The van der Waals surface area contributed by atoms with Gasteiger partial charge in [-0.1, -0.05) is 0 Å². The standard InChI is InChI=1S/C11H15NO3S/c1-14-11(13)9-7-12-10(16-9)6-8-4-2-3-5-15-8/h7-8H,2-6H2,1H3. The van der Waals surface area contributed by atoms with Crippen molar-refractivity contribution in [1.29, 1.82) is 0 Å². The summed E-state index contributed by atoms with van der Waals surface area (Å²) in [6.45, 7) is 0.847. The van der Waals surface area contributed by atoms with Gasteiger partial charge < -0.3 is 9.47 Å². The quantitative estimate of drug-likeness (QED) is 0.760. The molecule has 0 spiro atoms. The van der Waals surface area contributed by atoms with Crippen molar-refractivity contribution in [2.45, 2.75) is 31.8 Å². The van der Waals surface area contributed by atoms with Crippen molar-refractivity contribution in [3.63, 3.8) is 0 Å². The summed E-state index contributed by atoms with van der Waals surface area (Å²) in [5.74, 6) is -0.312. The Balaban J connectivity index is 1.94. The van der Waals surface area contributed by atoms with Gasteiger partial charge >= 0.3 is 5.97 Å². The van der Waals surface area contributed by atoms with Crippen molar-refractivity contribution in [1.82, 2.24) is 4.98 Å². The minimum atomic E-state index is -0.312. The highest BCUT2D eigenvalue weighted by Gasteiger charge is 2.17. The van der Waals surface area contributed by atoms with E-state index >= 15 is 0 Å². The highest BCUT2D eigenvalue weighted by atomic mass is 32.1. The topological polar surface area (TPSA) is 48.4 Å². The van der Waals surface area contributed by atoms with Gasteiger partial charge in [0.05, 0.1) is 24.4 Å². The molecule has 0 saturated carbocycles. The van der Waals surface area contributed by atoms with Gasteiger partial charge in [-0.2, -0.15) is 0 Å². The fourth-order valence-electron chi connectivity index (χ4n) is 1.76. The van der Waals surface area contributed by atoms with Crippen molar-refractivity contribution >= 4 is 17.3 Å². The zero-order chi connectivity index (χ0) is 11.4. The van der Waals surface area contributed by atoms with Crippen molar-refractivity contribution in [3.8, 4) is 0 Å². The molecule has 1 aromatic heterocycles. The summed E-state index contributed by atoms with van der Waals surface area (Å²) in [5, 5.41) is 0.951. The minimum absolute atomic E-state index is 0.269. The van der Waals surface area contributed by atoms with Crippen molar-refractivity contribution in [2.75, 3.05) is 13.7 Å². The molecule has 2 heterocycles. The van der Waals surface area contributed by atoms with Gasteiger partial charge in [-0.25, -0.2) is 9.78 Å². The fraction of sp³-hybridized carbons (Fsp3) is 0.636. The van der Waals surface area contributed by atoms with Crippen LogP contribution in [0.5, 0.6) is 0 Å². The lowest BCUT2D eigenvalue weighted by Crippen LogP contribution is -2.21. The molecule has 0 amide bonds. The van der Waals surface area contributed by atoms with Crippen molar-refractivity contribution < 1.29 is 14.3 Å². The maximum absolute atomic E-state index is 11.2. The normalized spacial score (nSPS) is 20.7. The van der Waals surface area contributed by atoms with Gasteiger partial charge in [-0.05, 0) is 19.3 Å². The number of carbonyl (C=O) groups is 1. The van der Waals surface area contributed by atoms with Crippen LogP contribution >= 0.6 is 11.3 Å². The SMILES string of the molecule is COC(=O)c1cnc(CC2CCCCO2)s1. The summed E-state index contributed by atoms with van der Waals surface area (Å²) >= 11 is 1.39. The molecule has 1 atom stereocenters. The van der Waals surface area contributed by atoms with E-state index < -0.39 is 0 Å². The molecular formula is C11H15NO3S. The summed E-state index contributed by atoms with van der Waals surface area (Å²) in [6.07, 6.45) is 6.12. The Hall–Kier alpha value is -0.940. The first-order valence-corrected chi connectivity index (χ1v) is 6.26. The predicted molar refractivity (Wildman–Crippen MR) is 60.7 cm³/mol. The van der Waals surface area contributed by atoms with E-state index in [-0.39, 0.29) is 12.1 Å². The highest BCUT2D eigenvalue weighted by molar-refractivity contribution is 7.13. The van der Waals surface area contributed by atoms with Crippen LogP contribution in [0, 0.1) is 0 Å². The first-order chi connectivity index (χ1) is 7.79. The first-order valence-electron chi connectivity index (χ1n) is 5.44. The van der Waals surface area contributed by atoms with Gasteiger partial charge in [0.25, 0.3) is 0 Å². The molecule has 2 rings (SSSR count). The minimum Gasteiger partial charge on any atom is -0.465 e. The number of hydrogen-bond donors (Lipinski definition) is 0. The molecule has 1 aliphatic heterocycles. The fourth-order valence-corrected chi connectivity index (χ4v) is 2.66. The van der Waals surface area contributed by atoms with Gasteiger partial charge in [-0.15, -0.1) is 11.3 Å². The molecule has 16 heavy (non-hydrogen) atoms. The Labute approximate surface area is 98.6 Å². The molecule has 0 bridgehead atoms. The van der Waals surface area contributed by atoms with Crippen molar-refractivity contribution in [3.05, 3.63) is 16.1 Å². The molecule has 0 aliphatic carbocycles. The molecule has 0 radical (unpaired) electrons. The molecule has 1 fully saturated rings. The summed E-state index contributed by atoms with van der Waals surface area (Å²) < 4.78 is 10.3. The van der Waals surface area contributed by atoms with Gasteiger partial charge in [0.15, 0.2) is 0 Å². The molecular weight excluding hydrogens is 226 g/mol. The second kappa shape index (κ2) is 5.41. The Morgan fingerprint density at radius 2 is 2.56 bits per heavy atom. The summed E-state index contributed by atoms with van der Waals surface area (Å²) in [7, 11) is 1.38. The maximum atomic E-state index is 11.2. The third-order valence-corrected chi connectivity index (χ3v) is 3.62. The van der Waals surface area contributed by atoms with Gasteiger partial charge in [-0.3, -0.25) is 0 Å². The van der Waals surface area contributed by atoms with E-state index in [9.17, 15) is 4.79 Å². The molecule has 0 aromatic carbocycles. The van der Waals surface area contributed by atoms with Gasteiger partial charge in [0, 0.05) is 13.0 Å². The van der Waals surface area contributed by atoms with Gasteiger partial charge in [0.1, 0.15) is 4.88 Å². The van der Waals surface area contributed by atoms with Crippen LogP contribution in [-0.2, 0) is 15.9 Å². The molecule has 1 saturated heterocycles. The van der Waals surface area contributed by atoms with E-state index in [1.54, 1.807) is 6.20 Å². The van der Waals surface area contributed by atoms with E-state index in [1.807, 2.05) is 0 Å². The predicted octanol–water partition coefficient (Wildman–Crippen LogP) is 2.04. The van der Waals surface area contributed by atoms with Crippen molar-refractivity contribution in [2.24, 2.45) is 0 Å². The van der Waals surface area contributed by atoms with E-state index in [0.29, 0.717) is 4.88 Å². The molecule has 5 heteroatoms. The van der Waals surface area contributed by atoms with Crippen LogP contribution in [0.15, 0.2) is 6.20 Å². The van der Waals surface area contributed by atoms with Crippen LogP contribution in [0.1, 0.15) is 33.9 Å². The van der Waals surface area contributed by atoms with Crippen LogP contribution in [0.4, 0.5) is 0 Å². The number of methoxy groups -OCH3 is 1. The molecule has 1 aromatic rings. The number of hydrogen-bond acceptors (Lipinski definition) is 5. The smallest absolute Gasteiger partial charge is 0.349 e. The maximum Gasteiger partial charge on any atom is 0.349 e. The second-order valence-electron chi connectivity index (χ2n) is 3.80. The van der Waals surface area contributed by atoms with Crippen LogP contribution in [-0.4, -0.2) is 30.8 Å². The second-order valence-corrected chi connectivity index (χ2v) is 4.92. The third kappa shape index (κ3) is 2.80. The lowest BCUT2D eigenvalue weighted by molar-refractivity contribution is 0.0167. The zero-order valence-electron chi connectivity index (χ0n) is 9.27. The monoisotopic (exact) mass is 241 g/mol. The largest absolute Gasteiger partial charge is 0.465 e. The van der Waals surface area contributed by atoms with E-state index in [1.165, 1.54) is 24.9 Å². The van der Waals surface area contributed by atoms with E-state index in [4.69, 9.17) is 4.74 Å². The number of thiazole rings is 1. The summed E-state index contributed by atoms with van der Waals surface area (Å²) in [4.78, 5) is 16.0. The van der Waals surface area contributed by atoms with E-state index in [0.717, 1.165) is 30.9 Å². The Kier molecular flexibility index (Phi) is 3.90. The molecule has 4 nitrogen and oxygen atoms in total. The number of esters is 1. The molecule has 0 N–H and O–H groups in total. The molecule has 88 valence electrons. The zero-order valence-corrected chi connectivity index (χ0v) is 10.1. The lowest BCUT2D eigenvalue weighted by atomic mass is 10.1. The Morgan fingerprint density at radius 1 is 1.69 bits per heavy atom. The number of aromatic nitrogens is 1. The molecule has 1 aliphatic rings. The van der Waals surface area contributed by atoms with Crippen LogP contribution in [0.3, 0.4) is 0 Å². The number of ether oxygens (including phenoxy) is 2. The lowest BCUT2D eigenvalue weighted by Gasteiger charge is -2.21. The van der Waals surface area contributed by atoms with Crippen LogP contribution in [0.25, 0.3) is 0 Å².